The van der Waals surface area contributed by atoms with Crippen LogP contribution < -0.4 is 14.8 Å². The van der Waals surface area contributed by atoms with Crippen LogP contribution >= 0.6 is 11.6 Å². The zero-order valence-corrected chi connectivity index (χ0v) is 14.9. The number of piperidine rings is 1. The lowest BCUT2D eigenvalue weighted by Gasteiger charge is -2.33. The number of para-hydroxylation sites is 1. The molecule has 1 fully saturated rings. The molecule has 2 heterocycles. The van der Waals surface area contributed by atoms with Crippen molar-refractivity contribution in [1.82, 2.24) is 5.32 Å². The zero-order valence-electron chi connectivity index (χ0n) is 14.1. The van der Waals surface area contributed by atoms with Gasteiger partial charge in [-0.15, -0.1) is 0 Å². The van der Waals surface area contributed by atoms with Crippen LogP contribution in [0.3, 0.4) is 0 Å². The van der Waals surface area contributed by atoms with Gasteiger partial charge in [0.15, 0.2) is 17.6 Å². The number of hydrogen-bond acceptors (Lipinski definition) is 3. The molecule has 5 heteroatoms. The molecule has 2 aliphatic rings. The van der Waals surface area contributed by atoms with Gasteiger partial charge in [0.25, 0.3) is 0 Å². The van der Waals surface area contributed by atoms with Crippen molar-refractivity contribution in [2.45, 2.75) is 37.8 Å². The quantitative estimate of drug-likeness (QED) is 0.829. The highest BCUT2D eigenvalue weighted by Gasteiger charge is 2.30. The normalized spacial score (nSPS) is 25.6. The van der Waals surface area contributed by atoms with Gasteiger partial charge in [-0.25, -0.2) is 4.39 Å². The molecule has 25 heavy (non-hydrogen) atoms. The molecular formula is C20H21ClFNO2. The third-order valence-corrected chi connectivity index (χ3v) is 5.27. The van der Waals surface area contributed by atoms with Gasteiger partial charge in [-0.05, 0) is 50.4 Å². The molecule has 2 aromatic carbocycles. The molecule has 1 N–H and O–H groups in total. The van der Waals surface area contributed by atoms with E-state index in [2.05, 4.69) is 18.3 Å². The summed E-state index contributed by atoms with van der Waals surface area (Å²) in [5.41, 5.74) is 1.63. The van der Waals surface area contributed by atoms with E-state index in [1.165, 1.54) is 6.07 Å². The van der Waals surface area contributed by atoms with Crippen molar-refractivity contribution in [1.29, 1.82) is 0 Å². The van der Waals surface area contributed by atoms with E-state index in [1.807, 2.05) is 12.1 Å². The Morgan fingerprint density at radius 1 is 1.20 bits per heavy atom. The van der Waals surface area contributed by atoms with E-state index in [-0.39, 0.29) is 12.4 Å². The summed E-state index contributed by atoms with van der Waals surface area (Å²) >= 11 is 5.86. The Hall–Kier alpha value is -1.78. The summed E-state index contributed by atoms with van der Waals surface area (Å²) in [6.45, 7) is 3.48. The molecule has 3 nitrogen and oxygen atoms in total. The molecule has 0 aromatic heterocycles. The lowest BCUT2D eigenvalue weighted by Crippen LogP contribution is -2.35. The second-order valence-corrected chi connectivity index (χ2v) is 7.27. The zero-order chi connectivity index (χ0) is 17.4. The molecule has 0 radical (unpaired) electrons. The summed E-state index contributed by atoms with van der Waals surface area (Å²) in [4.78, 5) is 0. The summed E-state index contributed by atoms with van der Waals surface area (Å²) in [6, 6.07) is 11.2. The van der Waals surface area contributed by atoms with Gasteiger partial charge in [0.05, 0.1) is 0 Å². The van der Waals surface area contributed by atoms with Crippen molar-refractivity contribution in [3.05, 3.63) is 58.4 Å². The molecule has 1 unspecified atom stereocenters. The van der Waals surface area contributed by atoms with Gasteiger partial charge < -0.3 is 14.8 Å². The Bertz CT molecular complexity index is 782. The minimum atomic E-state index is -0.468. The van der Waals surface area contributed by atoms with Crippen molar-refractivity contribution in [2.24, 2.45) is 0 Å². The SMILES string of the molecule is C[C@H]1CC(c2cccc3c2O[C@@H](c2ccc(Cl)cc2F)CO3)CCN1. The minimum Gasteiger partial charge on any atom is -0.485 e. The van der Waals surface area contributed by atoms with Gasteiger partial charge >= 0.3 is 0 Å². The number of hydrogen-bond donors (Lipinski definition) is 1. The second-order valence-electron chi connectivity index (χ2n) is 6.83. The topological polar surface area (TPSA) is 30.5 Å². The third kappa shape index (κ3) is 3.33. The van der Waals surface area contributed by atoms with E-state index in [0.717, 1.165) is 36.4 Å². The van der Waals surface area contributed by atoms with Gasteiger partial charge in [0.1, 0.15) is 12.4 Å². The average Bonchev–Trinajstić information content (AvgIpc) is 2.61. The van der Waals surface area contributed by atoms with Crippen molar-refractivity contribution in [3.8, 4) is 11.5 Å². The standard InChI is InChI=1S/C20H21ClFNO2/c1-12-9-13(7-8-23-12)15-3-2-4-18-20(15)25-19(11-24-18)16-6-5-14(21)10-17(16)22/h2-6,10,12-13,19,23H,7-9,11H2,1H3/t12-,13?,19+/m0/s1. The summed E-state index contributed by atoms with van der Waals surface area (Å²) in [7, 11) is 0. The maximum Gasteiger partial charge on any atom is 0.165 e. The predicted octanol–water partition coefficient (Wildman–Crippen LogP) is 4.85. The second kappa shape index (κ2) is 6.85. The lowest BCUT2D eigenvalue weighted by atomic mass is 9.86. The first-order valence-corrected chi connectivity index (χ1v) is 9.10. The van der Waals surface area contributed by atoms with Crippen LogP contribution in [0.4, 0.5) is 4.39 Å². The third-order valence-electron chi connectivity index (χ3n) is 5.03. The van der Waals surface area contributed by atoms with Crippen LogP contribution in [0.15, 0.2) is 36.4 Å². The molecule has 0 spiro atoms. The van der Waals surface area contributed by atoms with Crippen LogP contribution in [-0.4, -0.2) is 19.2 Å². The van der Waals surface area contributed by atoms with Crippen LogP contribution in [0, 0.1) is 5.82 Å². The molecule has 2 aliphatic heterocycles. The fraction of sp³-hybridized carbons (Fsp3) is 0.400. The van der Waals surface area contributed by atoms with Gasteiger partial charge in [0.2, 0.25) is 0 Å². The monoisotopic (exact) mass is 361 g/mol. The van der Waals surface area contributed by atoms with Crippen molar-refractivity contribution in [3.63, 3.8) is 0 Å². The summed E-state index contributed by atoms with van der Waals surface area (Å²) < 4.78 is 26.4. The van der Waals surface area contributed by atoms with Crippen LogP contribution in [0.1, 0.15) is 42.9 Å². The van der Waals surface area contributed by atoms with E-state index in [9.17, 15) is 4.39 Å². The summed E-state index contributed by atoms with van der Waals surface area (Å²) in [5.74, 6) is 1.56. The van der Waals surface area contributed by atoms with Crippen LogP contribution in [0.2, 0.25) is 5.02 Å². The highest BCUT2D eigenvalue weighted by molar-refractivity contribution is 6.30. The maximum absolute atomic E-state index is 14.3. The first-order valence-electron chi connectivity index (χ1n) is 8.72. The molecular weight excluding hydrogens is 341 g/mol. The molecule has 0 bridgehead atoms. The molecule has 0 saturated carbocycles. The number of benzene rings is 2. The highest BCUT2D eigenvalue weighted by atomic mass is 35.5. The van der Waals surface area contributed by atoms with Gasteiger partial charge in [-0.3, -0.25) is 0 Å². The Morgan fingerprint density at radius 3 is 2.88 bits per heavy atom. The van der Waals surface area contributed by atoms with Gasteiger partial charge in [-0.1, -0.05) is 29.8 Å². The van der Waals surface area contributed by atoms with E-state index < -0.39 is 6.10 Å². The molecule has 1 saturated heterocycles. The smallest absolute Gasteiger partial charge is 0.165 e. The summed E-state index contributed by atoms with van der Waals surface area (Å²) in [6.07, 6.45) is 1.65. The van der Waals surface area contributed by atoms with E-state index in [1.54, 1.807) is 12.1 Å². The van der Waals surface area contributed by atoms with Crippen molar-refractivity contribution < 1.29 is 13.9 Å². The Balaban J connectivity index is 1.65. The Morgan fingerprint density at radius 2 is 2.08 bits per heavy atom. The minimum absolute atomic E-state index is 0.289. The van der Waals surface area contributed by atoms with Crippen LogP contribution in [0.25, 0.3) is 0 Å². The van der Waals surface area contributed by atoms with E-state index >= 15 is 0 Å². The molecule has 0 aliphatic carbocycles. The van der Waals surface area contributed by atoms with E-state index in [4.69, 9.17) is 21.1 Å². The Labute approximate surface area is 152 Å². The maximum atomic E-state index is 14.3. The number of halogens is 2. The Kier molecular flexibility index (Phi) is 4.57. The summed E-state index contributed by atoms with van der Waals surface area (Å²) in [5, 5.41) is 3.85. The van der Waals surface area contributed by atoms with Gasteiger partial charge in [-0.2, -0.15) is 0 Å². The van der Waals surface area contributed by atoms with Crippen LogP contribution in [-0.2, 0) is 0 Å². The lowest BCUT2D eigenvalue weighted by molar-refractivity contribution is 0.0863. The molecule has 3 atom stereocenters. The van der Waals surface area contributed by atoms with E-state index in [0.29, 0.717) is 22.5 Å². The number of fused-ring (bicyclic) bond motifs is 1. The number of rotatable bonds is 2. The fourth-order valence-corrected chi connectivity index (χ4v) is 3.92. The fourth-order valence-electron chi connectivity index (χ4n) is 3.77. The molecule has 4 rings (SSSR count). The van der Waals surface area contributed by atoms with Gasteiger partial charge in [0, 0.05) is 22.2 Å². The van der Waals surface area contributed by atoms with Crippen molar-refractivity contribution >= 4 is 11.6 Å². The predicted molar refractivity (Wildman–Crippen MR) is 96.2 cm³/mol. The van der Waals surface area contributed by atoms with Crippen LogP contribution in [0.5, 0.6) is 11.5 Å². The largest absolute Gasteiger partial charge is 0.485 e. The first kappa shape index (κ1) is 16.7. The molecule has 0 amide bonds. The first-order chi connectivity index (χ1) is 12.1. The molecule has 2 aromatic rings. The number of ether oxygens (including phenoxy) is 2. The molecule has 132 valence electrons. The average molecular weight is 362 g/mol. The highest BCUT2D eigenvalue weighted by Crippen LogP contribution is 2.44. The van der Waals surface area contributed by atoms with Crippen molar-refractivity contribution in [2.75, 3.05) is 13.2 Å². The number of nitrogens with one attached hydrogen (secondary N) is 1.